The number of nitrogens with one attached hydrogen (secondary N) is 1. The topological polar surface area (TPSA) is 105 Å². The molecule has 0 spiro atoms. The third-order valence-electron chi connectivity index (χ3n) is 8.37. The SMILES string of the molecule is CCCCCCCCCCCCCCCC1CCCC(O)C1C1C(C(=O)OC)=C(C)NC(=O)N1C(=O)OC. The van der Waals surface area contributed by atoms with Gasteiger partial charge in [0.25, 0.3) is 0 Å². The molecule has 218 valence electrons. The molecule has 1 saturated carbocycles. The Morgan fingerprint density at radius 1 is 0.895 bits per heavy atom. The summed E-state index contributed by atoms with van der Waals surface area (Å²) < 4.78 is 9.92. The van der Waals surface area contributed by atoms with E-state index < -0.39 is 36.2 Å². The van der Waals surface area contributed by atoms with E-state index in [1.807, 2.05) is 0 Å². The average Bonchev–Trinajstić information content (AvgIpc) is 2.90. The quantitative estimate of drug-likeness (QED) is 0.165. The number of methoxy groups -OCH3 is 2. The van der Waals surface area contributed by atoms with Crippen molar-refractivity contribution in [2.45, 2.75) is 135 Å². The summed E-state index contributed by atoms with van der Waals surface area (Å²) in [6, 6.07) is -1.57. The van der Waals surface area contributed by atoms with Crippen molar-refractivity contribution in [3.05, 3.63) is 11.3 Å². The minimum Gasteiger partial charge on any atom is -0.466 e. The van der Waals surface area contributed by atoms with Gasteiger partial charge in [0.2, 0.25) is 0 Å². The van der Waals surface area contributed by atoms with Crippen LogP contribution in [0.3, 0.4) is 0 Å². The highest BCUT2D eigenvalue weighted by molar-refractivity contribution is 6.00. The van der Waals surface area contributed by atoms with Crippen LogP contribution < -0.4 is 5.32 Å². The highest BCUT2D eigenvalue weighted by Gasteiger charge is 2.50. The fourth-order valence-electron chi connectivity index (χ4n) is 6.33. The van der Waals surface area contributed by atoms with Crippen molar-refractivity contribution in [3.8, 4) is 0 Å². The monoisotopic (exact) mass is 536 g/mol. The van der Waals surface area contributed by atoms with Gasteiger partial charge in [-0.05, 0) is 32.1 Å². The number of carbonyl (C=O) groups excluding carboxylic acids is 3. The van der Waals surface area contributed by atoms with Gasteiger partial charge in [-0.3, -0.25) is 0 Å². The molecular formula is C30H52N2O6. The summed E-state index contributed by atoms with van der Waals surface area (Å²) in [6.45, 7) is 3.88. The first-order valence-electron chi connectivity index (χ1n) is 15.0. The molecule has 2 N–H and O–H groups in total. The zero-order valence-electron chi connectivity index (χ0n) is 24.3. The molecule has 1 heterocycles. The molecule has 1 aliphatic carbocycles. The number of esters is 1. The van der Waals surface area contributed by atoms with Gasteiger partial charge in [-0.15, -0.1) is 0 Å². The van der Waals surface area contributed by atoms with Gasteiger partial charge in [0, 0.05) is 11.6 Å². The summed E-state index contributed by atoms with van der Waals surface area (Å²) >= 11 is 0. The van der Waals surface area contributed by atoms with Crippen molar-refractivity contribution in [1.29, 1.82) is 0 Å². The second-order valence-corrected chi connectivity index (χ2v) is 11.1. The second kappa shape index (κ2) is 17.5. The molecule has 38 heavy (non-hydrogen) atoms. The number of hydrogen-bond acceptors (Lipinski definition) is 6. The van der Waals surface area contributed by atoms with E-state index in [1.54, 1.807) is 6.92 Å². The zero-order valence-corrected chi connectivity index (χ0v) is 24.3. The summed E-state index contributed by atoms with van der Waals surface area (Å²) in [6.07, 6.45) is 18.4. The van der Waals surface area contributed by atoms with Crippen LogP contribution in [0.5, 0.6) is 0 Å². The van der Waals surface area contributed by atoms with E-state index in [0.717, 1.165) is 37.0 Å². The molecule has 8 heteroatoms. The van der Waals surface area contributed by atoms with E-state index >= 15 is 0 Å². The van der Waals surface area contributed by atoms with Crippen LogP contribution in [0.1, 0.15) is 123 Å². The fraction of sp³-hybridized carbons (Fsp3) is 0.833. The lowest BCUT2D eigenvalue weighted by molar-refractivity contribution is -0.137. The Morgan fingerprint density at radius 2 is 1.45 bits per heavy atom. The molecule has 1 aliphatic heterocycles. The number of ether oxygens (including phenoxy) is 2. The van der Waals surface area contributed by atoms with Crippen molar-refractivity contribution >= 4 is 18.1 Å². The van der Waals surface area contributed by atoms with Gasteiger partial charge in [0.15, 0.2) is 0 Å². The summed E-state index contributed by atoms with van der Waals surface area (Å²) in [5.74, 6) is -0.976. The third-order valence-corrected chi connectivity index (χ3v) is 8.37. The van der Waals surface area contributed by atoms with Gasteiger partial charge in [-0.25, -0.2) is 19.3 Å². The number of carbonyl (C=O) groups is 3. The van der Waals surface area contributed by atoms with E-state index in [-0.39, 0.29) is 11.5 Å². The Morgan fingerprint density at radius 3 is 1.97 bits per heavy atom. The van der Waals surface area contributed by atoms with E-state index in [2.05, 4.69) is 12.2 Å². The average molecular weight is 537 g/mol. The van der Waals surface area contributed by atoms with Crippen LogP contribution >= 0.6 is 0 Å². The maximum absolute atomic E-state index is 12.9. The number of amides is 3. The Labute approximate surface area is 229 Å². The molecule has 0 radical (unpaired) electrons. The number of imide groups is 1. The molecular weight excluding hydrogens is 484 g/mol. The first kappa shape index (κ1) is 32.1. The molecule has 4 atom stereocenters. The first-order chi connectivity index (χ1) is 18.4. The second-order valence-electron chi connectivity index (χ2n) is 11.1. The normalized spacial score (nSPS) is 23.8. The summed E-state index contributed by atoms with van der Waals surface area (Å²) in [5.41, 5.74) is 0.559. The standard InChI is InChI=1S/C30H52N2O6/c1-5-6-7-8-9-10-11-12-13-14-15-16-17-19-23-20-18-21-24(33)26(23)27-25(28(34)37-3)22(2)31-29(35)32(27)30(36)38-4/h23-24,26-27,33H,5-21H2,1-4H3,(H,31,35). The molecule has 3 amide bonds. The van der Waals surface area contributed by atoms with Crippen molar-refractivity contribution in [2.75, 3.05) is 14.2 Å². The number of urea groups is 1. The minimum absolute atomic E-state index is 0.0852. The summed E-state index contributed by atoms with van der Waals surface area (Å²) in [5, 5.41) is 13.7. The Hall–Kier alpha value is -2.09. The molecule has 0 aromatic carbocycles. The van der Waals surface area contributed by atoms with Crippen LogP contribution in [-0.4, -0.2) is 54.5 Å². The molecule has 1 fully saturated rings. The fourth-order valence-corrected chi connectivity index (χ4v) is 6.33. The molecule has 2 rings (SSSR count). The Bertz CT molecular complexity index is 783. The largest absolute Gasteiger partial charge is 0.466 e. The number of allylic oxidation sites excluding steroid dienone is 1. The van der Waals surface area contributed by atoms with Crippen LogP contribution in [0, 0.1) is 11.8 Å². The van der Waals surface area contributed by atoms with E-state index in [4.69, 9.17) is 9.47 Å². The molecule has 2 aliphatic rings. The van der Waals surface area contributed by atoms with Crippen molar-refractivity contribution < 1.29 is 29.0 Å². The number of nitrogens with zero attached hydrogens (tertiary/aromatic N) is 1. The molecule has 0 bridgehead atoms. The van der Waals surface area contributed by atoms with Crippen molar-refractivity contribution in [2.24, 2.45) is 11.8 Å². The number of hydrogen-bond donors (Lipinski definition) is 2. The maximum atomic E-state index is 12.9. The molecule has 8 nitrogen and oxygen atoms in total. The summed E-state index contributed by atoms with van der Waals surface area (Å²) in [4.78, 5) is 39.3. The van der Waals surface area contributed by atoms with E-state index in [9.17, 15) is 19.5 Å². The molecule has 0 aromatic heterocycles. The van der Waals surface area contributed by atoms with Gasteiger partial charge >= 0.3 is 18.1 Å². The van der Waals surface area contributed by atoms with Crippen molar-refractivity contribution in [1.82, 2.24) is 10.2 Å². The zero-order chi connectivity index (χ0) is 27.9. The first-order valence-corrected chi connectivity index (χ1v) is 15.0. The lowest BCUT2D eigenvalue weighted by Gasteiger charge is -2.46. The van der Waals surface area contributed by atoms with E-state index in [0.29, 0.717) is 12.1 Å². The predicted octanol–water partition coefficient (Wildman–Crippen LogP) is 6.85. The van der Waals surface area contributed by atoms with Gasteiger partial charge < -0.3 is 19.9 Å². The van der Waals surface area contributed by atoms with Crippen LogP contribution in [0.4, 0.5) is 9.59 Å². The van der Waals surface area contributed by atoms with Gasteiger partial charge in [0.05, 0.1) is 31.9 Å². The highest BCUT2D eigenvalue weighted by Crippen LogP contribution is 2.42. The number of rotatable bonds is 16. The lowest BCUT2D eigenvalue weighted by atomic mass is 9.68. The van der Waals surface area contributed by atoms with Gasteiger partial charge in [-0.2, -0.15) is 0 Å². The molecule has 0 saturated heterocycles. The van der Waals surface area contributed by atoms with E-state index in [1.165, 1.54) is 84.8 Å². The minimum atomic E-state index is -0.925. The van der Waals surface area contributed by atoms with Gasteiger partial charge in [-0.1, -0.05) is 96.8 Å². The van der Waals surface area contributed by atoms with Crippen LogP contribution in [-0.2, 0) is 14.3 Å². The van der Waals surface area contributed by atoms with Crippen molar-refractivity contribution in [3.63, 3.8) is 0 Å². The molecule has 0 aromatic rings. The van der Waals surface area contributed by atoms with Crippen LogP contribution in [0.25, 0.3) is 0 Å². The number of unbranched alkanes of at least 4 members (excludes halogenated alkanes) is 12. The molecule has 4 unspecified atom stereocenters. The number of aliphatic hydroxyl groups is 1. The Balaban J connectivity index is 1.93. The Kier molecular flexibility index (Phi) is 14.8. The lowest BCUT2D eigenvalue weighted by Crippen LogP contribution is -2.61. The summed E-state index contributed by atoms with van der Waals surface area (Å²) in [7, 11) is 2.49. The van der Waals surface area contributed by atoms with Crippen LogP contribution in [0.15, 0.2) is 11.3 Å². The highest BCUT2D eigenvalue weighted by atomic mass is 16.5. The third kappa shape index (κ3) is 9.28. The maximum Gasteiger partial charge on any atom is 0.418 e. The van der Waals surface area contributed by atoms with Crippen LogP contribution in [0.2, 0.25) is 0 Å². The number of aliphatic hydroxyl groups excluding tert-OH is 1. The smallest absolute Gasteiger partial charge is 0.418 e. The predicted molar refractivity (Wildman–Crippen MR) is 148 cm³/mol. The van der Waals surface area contributed by atoms with Gasteiger partial charge in [0.1, 0.15) is 0 Å².